The fourth-order valence-electron chi connectivity index (χ4n) is 10.8. The minimum absolute atomic E-state index is 0.00947. The van der Waals surface area contributed by atoms with Gasteiger partial charge in [-0.15, -0.1) is 0 Å². The Morgan fingerprint density at radius 1 is 0.365 bits per heavy atom. The Balaban J connectivity index is 1.47. The first kappa shape index (κ1) is 42.0. The molecule has 0 spiro atoms. The van der Waals surface area contributed by atoms with Gasteiger partial charge in [0.15, 0.2) is 0 Å². The number of nitrogens with zero attached hydrogens (tertiary/aromatic N) is 2. The second-order valence-electron chi connectivity index (χ2n) is 25.7. The van der Waals surface area contributed by atoms with Crippen molar-refractivity contribution in [2.75, 3.05) is 0 Å². The van der Waals surface area contributed by atoms with Gasteiger partial charge >= 0.3 is 6.85 Å². The zero-order valence-corrected chi connectivity index (χ0v) is 41.6. The van der Waals surface area contributed by atoms with Gasteiger partial charge in [-0.1, -0.05) is 167 Å². The quantitative estimate of drug-likeness (QED) is 0.146. The zero-order valence-electron chi connectivity index (χ0n) is 41.6. The summed E-state index contributed by atoms with van der Waals surface area (Å²) in [6, 6.07) is 37.4. The molecule has 0 fully saturated rings. The summed E-state index contributed by atoms with van der Waals surface area (Å²) in [4.78, 5) is 0. The SMILES string of the molecule is CC(C)(C)c1cc(-c2ccc3c4c2-c2cc(C(C)(C)C)cc5c6cc(C(C)(C)C)ccc6n(c25)B4c2cc(C(C)(C)C)cc4c5cc(C(C)(C)C)ccc5n-3c24)cc(C(C)(C)C)c1. The Hall–Kier alpha value is -5.02. The molecule has 0 atom stereocenters. The number of hydrogen-bond acceptors (Lipinski definition) is 0. The summed E-state index contributed by atoms with van der Waals surface area (Å²) in [6.07, 6.45) is 0. The van der Waals surface area contributed by atoms with Gasteiger partial charge < -0.3 is 9.05 Å². The molecule has 8 aromatic rings. The highest BCUT2D eigenvalue weighted by molar-refractivity contribution is 6.90. The van der Waals surface area contributed by atoms with Crippen molar-refractivity contribution in [3.63, 3.8) is 0 Å². The molecule has 2 aliphatic rings. The van der Waals surface area contributed by atoms with Crippen LogP contribution in [-0.4, -0.2) is 15.9 Å². The highest BCUT2D eigenvalue weighted by Crippen LogP contribution is 2.49. The Morgan fingerprint density at radius 2 is 0.810 bits per heavy atom. The van der Waals surface area contributed by atoms with Crippen molar-refractivity contribution < 1.29 is 0 Å². The van der Waals surface area contributed by atoms with Crippen LogP contribution in [0.5, 0.6) is 0 Å². The maximum Gasteiger partial charge on any atom is 0.333 e. The summed E-state index contributed by atoms with van der Waals surface area (Å²) >= 11 is 0. The van der Waals surface area contributed by atoms with E-state index in [2.05, 4.69) is 225 Å². The minimum atomic E-state index is -0.0556. The number of rotatable bonds is 1. The molecule has 0 unspecified atom stereocenters. The summed E-state index contributed by atoms with van der Waals surface area (Å²) in [5.74, 6) is 0. The number of hydrogen-bond donors (Lipinski definition) is 0. The van der Waals surface area contributed by atoms with Crippen LogP contribution in [-0.2, 0) is 32.5 Å². The first-order chi connectivity index (χ1) is 29.0. The van der Waals surface area contributed by atoms with Crippen LogP contribution in [0.3, 0.4) is 0 Å². The van der Waals surface area contributed by atoms with Crippen molar-refractivity contribution in [2.45, 2.75) is 157 Å². The number of aromatic nitrogens is 2. The molecule has 0 aliphatic carbocycles. The average molecular weight is 829 g/mol. The minimum Gasteiger partial charge on any atom is -0.375 e. The molecule has 63 heavy (non-hydrogen) atoms. The maximum absolute atomic E-state index is 2.78. The van der Waals surface area contributed by atoms with E-state index in [4.69, 9.17) is 0 Å². The smallest absolute Gasteiger partial charge is 0.333 e. The van der Waals surface area contributed by atoms with E-state index < -0.39 is 0 Å². The molecule has 10 rings (SSSR count). The van der Waals surface area contributed by atoms with Gasteiger partial charge in [0.25, 0.3) is 0 Å². The van der Waals surface area contributed by atoms with E-state index in [9.17, 15) is 0 Å². The predicted molar refractivity (Wildman–Crippen MR) is 277 cm³/mol. The van der Waals surface area contributed by atoms with E-state index in [1.165, 1.54) is 116 Å². The van der Waals surface area contributed by atoms with Gasteiger partial charge in [0, 0.05) is 43.8 Å². The van der Waals surface area contributed by atoms with Gasteiger partial charge in [-0.25, -0.2) is 0 Å². The molecular weight excluding hydrogens is 759 g/mol. The lowest BCUT2D eigenvalue weighted by Crippen LogP contribution is -2.55. The lowest BCUT2D eigenvalue weighted by Gasteiger charge is -2.37. The van der Waals surface area contributed by atoms with Crippen LogP contribution in [0.4, 0.5) is 0 Å². The number of benzene rings is 6. The van der Waals surface area contributed by atoms with E-state index in [0.29, 0.717) is 0 Å². The number of fused-ring (bicyclic) bond motifs is 10. The fraction of sp³-hybridized carbons (Fsp3) is 0.400. The van der Waals surface area contributed by atoms with Crippen LogP contribution in [0.2, 0.25) is 0 Å². The largest absolute Gasteiger partial charge is 0.375 e. The highest BCUT2D eigenvalue weighted by Gasteiger charge is 2.44. The molecule has 0 N–H and O–H groups in total. The van der Waals surface area contributed by atoms with Gasteiger partial charge in [0.05, 0.1) is 11.0 Å². The molecule has 3 heteroatoms. The zero-order chi connectivity index (χ0) is 45.5. The molecule has 2 aliphatic heterocycles. The lowest BCUT2D eigenvalue weighted by molar-refractivity contribution is 0.569. The molecule has 0 saturated heterocycles. The van der Waals surface area contributed by atoms with Crippen LogP contribution in [0.25, 0.3) is 71.6 Å². The van der Waals surface area contributed by atoms with Crippen molar-refractivity contribution >= 4 is 61.4 Å². The summed E-state index contributed by atoms with van der Waals surface area (Å²) in [7, 11) is 0. The van der Waals surface area contributed by atoms with Crippen molar-refractivity contribution in [3.8, 4) is 27.9 Å². The molecule has 0 bridgehead atoms. The molecule has 322 valence electrons. The molecule has 0 amide bonds. The van der Waals surface area contributed by atoms with E-state index in [1.807, 2.05) is 0 Å². The Morgan fingerprint density at radius 3 is 1.33 bits per heavy atom. The van der Waals surface area contributed by atoms with Crippen molar-refractivity contribution in [3.05, 3.63) is 124 Å². The van der Waals surface area contributed by atoms with E-state index in [-0.39, 0.29) is 39.3 Å². The van der Waals surface area contributed by atoms with Crippen LogP contribution in [0.15, 0.2) is 91.0 Å². The molecule has 6 aromatic carbocycles. The first-order valence-electron chi connectivity index (χ1n) is 23.6. The van der Waals surface area contributed by atoms with Crippen molar-refractivity contribution in [2.24, 2.45) is 0 Å². The summed E-state index contributed by atoms with van der Waals surface area (Å²) < 4.78 is 5.44. The predicted octanol–water partition coefficient (Wildman–Crippen LogP) is 15.3. The van der Waals surface area contributed by atoms with E-state index in [1.54, 1.807) is 0 Å². The van der Waals surface area contributed by atoms with Gasteiger partial charge in [-0.2, -0.15) is 0 Å². The van der Waals surface area contributed by atoms with Crippen LogP contribution >= 0.6 is 0 Å². The summed E-state index contributed by atoms with van der Waals surface area (Å²) in [5.41, 5.74) is 23.0. The van der Waals surface area contributed by atoms with Crippen LogP contribution < -0.4 is 10.9 Å². The standard InChI is InChI=1S/C60H69BN2/c1-55(2,3)35-19-22-48-42(28-35)45-31-40(60(16,17)18)33-47-54(45)62(48)50-24-21-41(34-25-37(57(7,8)9)27-38(26-34)58(10,11)12)51-46-32-39(59(13,14)15)30-44-43-29-36(56(4,5)6)20-23-49(43)63(53(44)46)61(47)52(50)51/h19-33H,1-18H3. The third-order valence-electron chi connectivity index (χ3n) is 14.8. The Kier molecular flexibility index (Phi) is 8.55. The monoisotopic (exact) mass is 829 g/mol. The van der Waals surface area contributed by atoms with Crippen LogP contribution in [0, 0.1) is 0 Å². The van der Waals surface area contributed by atoms with E-state index in [0.717, 1.165) is 0 Å². The normalized spacial score (nSPS) is 14.5. The van der Waals surface area contributed by atoms with Gasteiger partial charge in [0.2, 0.25) is 0 Å². The van der Waals surface area contributed by atoms with Gasteiger partial charge in [0.1, 0.15) is 0 Å². The van der Waals surface area contributed by atoms with Gasteiger partial charge in [-0.05, 0) is 142 Å². The fourth-order valence-corrected chi connectivity index (χ4v) is 10.8. The first-order valence-corrected chi connectivity index (χ1v) is 23.6. The second-order valence-corrected chi connectivity index (χ2v) is 25.7. The van der Waals surface area contributed by atoms with Crippen molar-refractivity contribution in [1.29, 1.82) is 0 Å². The summed E-state index contributed by atoms with van der Waals surface area (Å²) in [6.45, 7) is 42.5. The average Bonchev–Trinajstić information content (AvgIpc) is 3.68. The third kappa shape index (κ3) is 6.25. The molecule has 2 aromatic heterocycles. The Labute approximate surface area is 378 Å². The van der Waals surface area contributed by atoms with Gasteiger partial charge in [-0.3, -0.25) is 0 Å². The lowest BCUT2D eigenvalue weighted by atomic mass is 9.45. The Bertz CT molecular complexity index is 3230. The third-order valence-corrected chi connectivity index (χ3v) is 14.8. The molecule has 0 saturated carbocycles. The molecule has 0 radical (unpaired) electrons. The van der Waals surface area contributed by atoms with Crippen LogP contribution in [0.1, 0.15) is 158 Å². The maximum atomic E-state index is 2.78. The molecule has 4 heterocycles. The van der Waals surface area contributed by atoms with Crippen molar-refractivity contribution in [1.82, 2.24) is 9.05 Å². The topological polar surface area (TPSA) is 9.86 Å². The molecule has 2 nitrogen and oxygen atoms in total. The summed E-state index contributed by atoms with van der Waals surface area (Å²) in [5, 5.41) is 5.43. The highest BCUT2D eigenvalue weighted by atomic mass is 15.0. The van der Waals surface area contributed by atoms with E-state index >= 15 is 0 Å². The second kappa shape index (κ2) is 12.8. The molecular formula is C60H69BN2.